The summed E-state index contributed by atoms with van der Waals surface area (Å²) in [5.41, 5.74) is 2.56. The Hall–Kier alpha value is -1.57. The van der Waals surface area contributed by atoms with Gasteiger partial charge in [0.05, 0.1) is 0 Å². The molecule has 0 saturated carbocycles. The number of nitrogens with zero attached hydrogens (tertiary/aromatic N) is 1. The normalized spacial score (nSPS) is 11.9. The van der Waals surface area contributed by atoms with Crippen LogP contribution in [-0.2, 0) is 10.2 Å². The van der Waals surface area contributed by atoms with E-state index in [9.17, 15) is 4.79 Å². The minimum atomic E-state index is 0.145. The van der Waals surface area contributed by atoms with E-state index in [1.165, 1.54) is 31.2 Å². The van der Waals surface area contributed by atoms with Crippen molar-refractivity contribution in [3.05, 3.63) is 41.5 Å². The molecular weight excluding hydrogens is 306 g/mol. The first kappa shape index (κ1) is 21.5. The quantitative estimate of drug-likeness (QED) is 0.365. The number of rotatable bonds is 10. The van der Waals surface area contributed by atoms with E-state index < -0.39 is 0 Å². The van der Waals surface area contributed by atoms with E-state index in [0.29, 0.717) is 0 Å². The van der Waals surface area contributed by atoms with Gasteiger partial charge in [-0.3, -0.25) is 4.79 Å². The molecule has 0 heterocycles. The van der Waals surface area contributed by atoms with Crippen molar-refractivity contribution in [3.63, 3.8) is 0 Å². The maximum absolute atomic E-state index is 12.6. The van der Waals surface area contributed by atoms with Crippen LogP contribution in [0.4, 0.5) is 0 Å². The summed E-state index contributed by atoms with van der Waals surface area (Å²) in [5.74, 6) is 0.145. The highest BCUT2D eigenvalue weighted by atomic mass is 16.2. The molecule has 0 aromatic heterocycles. The van der Waals surface area contributed by atoms with E-state index >= 15 is 0 Å². The van der Waals surface area contributed by atoms with Gasteiger partial charge in [0.25, 0.3) is 0 Å². The molecule has 1 amide bonds. The molecule has 0 aliphatic heterocycles. The second kappa shape index (κ2) is 11.1. The number of carbonyl (C=O) groups excluding carboxylic acids is 1. The van der Waals surface area contributed by atoms with Crippen molar-refractivity contribution in [3.8, 4) is 0 Å². The lowest BCUT2D eigenvalue weighted by atomic mass is 9.87. The first-order chi connectivity index (χ1) is 11.9. The van der Waals surface area contributed by atoms with Crippen LogP contribution >= 0.6 is 0 Å². The Bertz CT molecular complexity index is 512. The Morgan fingerprint density at radius 2 is 1.44 bits per heavy atom. The van der Waals surface area contributed by atoms with Crippen LogP contribution in [0.2, 0.25) is 0 Å². The molecule has 1 aromatic carbocycles. The van der Waals surface area contributed by atoms with E-state index in [2.05, 4.69) is 58.9 Å². The van der Waals surface area contributed by atoms with E-state index in [1.54, 1.807) is 6.08 Å². The minimum Gasteiger partial charge on any atom is -0.339 e. The molecule has 0 fully saturated rings. The van der Waals surface area contributed by atoms with Crippen molar-refractivity contribution < 1.29 is 4.79 Å². The van der Waals surface area contributed by atoms with Gasteiger partial charge in [0, 0.05) is 19.2 Å². The molecule has 0 spiro atoms. The Balaban J connectivity index is 2.67. The summed E-state index contributed by atoms with van der Waals surface area (Å²) in [6.07, 6.45) is 10.6. The van der Waals surface area contributed by atoms with E-state index in [4.69, 9.17) is 0 Å². The molecule has 0 bridgehead atoms. The van der Waals surface area contributed by atoms with Gasteiger partial charge >= 0.3 is 0 Å². The van der Waals surface area contributed by atoms with Crippen LogP contribution in [0.5, 0.6) is 0 Å². The zero-order valence-corrected chi connectivity index (χ0v) is 17.0. The van der Waals surface area contributed by atoms with Crippen molar-refractivity contribution in [1.82, 2.24) is 4.90 Å². The third-order valence-electron chi connectivity index (χ3n) is 4.57. The van der Waals surface area contributed by atoms with E-state index in [0.717, 1.165) is 31.5 Å². The van der Waals surface area contributed by atoms with Crippen LogP contribution < -0.4 is 0 Å². The van der Waals surface area contributed by atoms with Gasteiger partial charge in [-0.2, -0.15) is 0 Å². The van der Waals surface area contributed by atoms with Gasteiger partial charge in [0.2, 0.25) is 5.91 Å². The maximum Gasteiger partial charge on any atom is 0.246 e. The van der Waals surface area contributed by atoms with Gasteiger partial charge in [-0.25, -0.2) is 0 Å². The number of hydrogen-bond acceptors (Lipinski definition) is 1. The number of amides is 1. The van der Waals surface area contributed by atoms with Gasteiger partial charge in [0.1, 0.15) is 0 Å². The van der Waals surface area contributed by atoms with Crippen molar-refractivity contribution in [2.24, 2.45) is 0 Å². The van der Waals surface area contributed by atoms with E-state index in [-0.39, 0.29) is 11.3 Å². The predicted octanol–water partition coefficient (Wildman–Crippen LogP) is 6.21. The molecule has 0 saturated heterocycles. The largest absolute Gasteiger partial charge is 0.339 e. The van der Waals surface area contributed by atoms with Gasteiger partial charge in [-0.05, 0) is 35.5 Å². The fourth-order valence-electron chi connectivity index (χ4n) is 2.80. The van der Waals surface area contributed by atoms with Crippen molar-refractivity contribution in [2.75, 3.05) is 13.1 Å². The number of hydrogen-bond donors (Lipinski definition) is 0. The van der Waals surface area contributed by atoms with Gasteiger partial charge in [-0.15, -0.1) is 0 Å². The highest BCUT2D eigenvalue weighted by Gasteiger charge is 2.13. The molecule has 2 heteroatoms. The van der Waals surface area contributed by atoms with E-state index in [1.807, 2.05) is 11.0 Å². The fraction of sp³-hybridized carbons (Fsp3) is 0.609. The van der Waals surface area contributed by atoms with Crippen LogP contribution in [-0.4, -0.2) is 23.9 Å². The average molecular weight is 344 g/mol. The molecule has 0 N–H and O–H groups in total. The SMILES string of the molecule is CCCCCN(CCCCC)C(=O)/C=C/c1ccc(C(C)(C)C)cc1. The lowest BCUT2D eigenvalue weighted by molar-refractivity contribution is -0.126. The number of unbranched alkanes of at least 4 members (excludes halogenated alkanes) is 4. The molecule has 140 valence electrons. The van der Waals surface area contributed by atoms with Crippen molar-refractivity contribution in [2.45, 2.75) is 78.6 Å². The third-order valence-corrected chi connectivity index (χ3v) is 4.57. The third kappa shape index (κ3) is 8.38. The van der Waals surface area contributed by atoms with Gasteiger partial charge in [0.15, 0.2) is 0 Å². The summed E-state index contributed by atoms with van der Waals surface area (Å²) in [5, 5.41) is 0. The molecule has 0 atom stereocenters. The Morgan fingerprint density at radius 1 is 0.920 bits per heavy atom. The first-order valence-corrected chi connectivity index (χ1v) is 9.96. The van der Waals surface area contributed by atoms with Crippen LogP contribution in [0.15, 0.2) is 30.3 Å². The number of benzene rings is 1. The molecule has 0 unspecified atom stereocenters. The topological polar surface area (TPSA) is 20.3 Å². The predicted molar refractivity (Wildman–Crippen MR) is 110 cm³/mol. The van der Waals surface area contributed by atoms with Gasteiger partial charge in [-0.1, -0.05) is 84.6 Å². The molecule has 1 rings (SSSR count). The minimum absolute atomic E-state index is 0.145. The molecule has 1 aromatic rings. The Labute approximate surface area is 155 Å². The molecule has 0 radical (unpaired) electrons. The highest BCUT2D eigenvalue weighted by molar-refractivity contribution is 5.91. The molecule has 0 aliphatic carbocycles. The monoisotopic (exact) mass is 343 g/mol. The highest BCUT2D eigenvalue weighted by Crippen LogP contribution is 2.22. The summed E-state index contributed by atoms with van der Waals surface area (Å²) in [6, 6.07) is 8.51. The zero-order valence-electron chi connectivity index (χ0n) is 17.0. The van der Waals surface area contributed by atoms with Crippen LogP contribution in [0.1, 0.15) is 84.3 Å². The van der Waals surface area contributed by atoms with Gasteiger partial charge < -0.3 is 4.90 Å². The summed E-state index contributed by atoms with van der Waals surface area (Å²) >= 11 is 0. The first-order valence-electron chi connectivity index (χ1n) is 9.96. The molecular formula is C23H37NO. The molecule has 2 nitrogen and oxygen atoms in total. The second-order valence-electron chi connectivity index (χ2n) is 7.94. The second-order valence-corrected chi connectivity index (χ2v) is 7.94. The summed E-state index contributed by atoms with van der Waals surface area (Å²) in [4.78, 5) is 14.6. The molecule has 0 aliphatic rings. The van der Waals surface area contributed by atoms with Crippen molar-refractivity contribution >= 4 is 12.0 Å². The number of carbonyl (C=O) groups is 1. The maximum atomic E-state index is 12.6. The Kier molecular flexibility index (Phi) is 9.55. The summed E-state index contributed by atoms with van der Waals surface area (Å²) in [6.45, 7) is 12.8. The Morgan fingerprint density at radius 3 is 1.88 bits per heavy atom. The lowest BCUT2D eigenvalue weighted by Gasteiger charge is -2.21. The standard InChI is InChI=1S/C23H37NO/c1-6-8-10-18-24(19-11-9-7-2)22(25)17-14-20-12-15-21(16-13-20)23(3,4)5/h12-17H,6-11,18-19H2,1-5H3/b17-14+. The lowest BCUT2D eigenvalue weighted by Crippen LogP contribution is -2.31. The zero-order chi connectivity index (χ0) is 18.7. The summed E-state index contributed by atoms with van der Waals surface area (Å²) in [7, 11) is 0. The van der Waals surface area contributed by atoms with Crippen LogP contribution in [0, 0.1) is 0 Å². The average Bonchev–Trinajstić information content (AvgIpc) is 2.58. The van der Waals surface area contributed by atoms with Crippen LogP contribution in [0.3, 0.4) is 0 Å². The van der Waals surface area contributed by atoms with Crippen molar-refractivity contribution in [1.29, 1.82) is 0 Å². The van der Waals surface area contributed by atoms with Crippen LogP contribution in [0.25, 0.3) is 6.08 Å². The summed E-state index contributed by atoms with van der Waals surface area (Å²) < 4.78 is 0. The fourth-order valence-corrected chi connectivity index (χ4v) is 2.80. The molecule has 25 heavy (non-hydrogen) atoms. The smallest absolute Gasteiger partial charge is 0.246 e.